The predicted molar refractivity (Wildman–Crippen MR) is 87.4 cm³/mol. The second kappa shape index (κ2) is 5.88. The quantitative estimate of drug-likeness (QED) is 0.871. The predicted octanol–water partition coefficient (Wildman–Crippen LogP) is 2.16. The Morgan fingerprint density at radius 1 is 1.27 bits per heavy atom. The summed E-state index contributed by atoms with van der Waals surface area (Å²) in [6.07, 6.45) is 0.742. The van der Waals surface area contributed by atoms with Crippen LogP contribution in [0, 0.1) is 13.8 Å². The highest BCUT2D eigenvalue weighted by atomic mass is 32.1. The summed E-state index contributed by atoms with van der Waals surface area (Å²) >= 11 is 1.18. The Labute approximate surface area is 132 Å². The van der Waals surface area contributed by atoms with Crippen molar-refractivity contribution >= 4 is 23.0 Å². The van der Waals surface area contributed by atoms with Gasteiger partial charge in [0.1, 0.15) is 6.54 Å². The number of thiazole rings is 1. The van der Waals surface area contributed by atoms with Crippen LogP contribution in [0.2, 0.25) is 0 Å². The van der Waals surface area contributed by atoms with Crippen LogP contribution in [0.1, 0.15) is 22.6 Å². The molecular formula is C16H17N3O2S. The molecular weight excluding hydrogens is 298 g/mol. The SMILES string of the molecule is Cc1sc(=O)n(CC(=O)N2CCC(c3ccccc3)=N2)c1C. The van der Waals surface area contributed by atoms with E-state index in [-0.39, 0.29) is 17.3 Å². The van der Waals surface area contributed by atoms with E-state index in [1.807, 2.05) is 44.2 Å². The number of rotatable bonds is 3. The van der Waals surface area contributed by atoms with Crippen LogP contribution in [0.5, 0.6) is 0 Å². The molecule has 1 aromatic carbocycles. The number of benzene rings is 1. The van der Waals surface area contributed by atoms with Gasteiger partial charge in [0.25, 0.3) is 5.91 Å². The zero-order valence-corrected chi connectivity index (χ0v) is 13.4. The molecule has 22 heavy (non-hydrogen) atoms. The Bertz CT molecular complexity index is 789. The van der Waals surface area contributed by atoms with E-state index in [9.17, 15) is 9.59 Å². The molecule has 0 fully saturated rings. The van der Waals surface area contributed by atoms with Crippen molar-refractivity contribution in [3.8, 4) is 0 Å². The van der Waals surface area contributed by atoms with E-state index < -0.39 is 0 Å². The lowest BCUT2D eigenvalue weighted by molar-refractivity contribution is -0.131. The first-order valence-corrected chi connectivity index (χ1v) is 7.98. The molecule has 2 heterocycles. The molecule has 6 heteroatoms. The van der Waals surface area contributed by atoms with Gasteiger partial charge >= 0.3 is 4.87 Å². The summed E-state index contributed by atoms with van der Waals surface area (Å²) in [6.45, 7) is 4.38. The van der Waals surface area contributed by atoms with E-state index in [2.05, 4.69) is 5.10 Å². The molecule has 0 N–H and O–H groups in total. The first-order chi connectivity index (χ1) is 10.6. The molecule has 114 valence electrons. The maximum Gasteiger partial charge on any atom is 0.308 e. The first kappa shape index (κ1) is 14.7. The number of hydrogen-bond donors (Lipinski definition) is 0. The molecule has 0 aliphatic carbocycles. The Kier molecular flexibility index (Phi) is 3.94. The van der Waals surface area contributed by atoms with Crippen molar-refractivity contribution in [3.05, 3.63) is 56.1 Å². The van der Waals surface area contributed by atoms with Crippen molar-refractivity contribution in [3.63, 3.8) is 0 Å². The van der Waals surface area contributed by atoms with Crippen LogP contribution in [0.25, 0.3) is 0 Å². The first-order valence-electron chi connectivity index (χ1n) is 7.16. The number of amides is 1. The smallest absolute Gasteiger partial charge is 0.294 e. The number of hydrogen-bond acceptors (Lipinski definition) is 4. The highest BCUT2D eigenvalue weighted by Gasteiger charge is 2.22. The average molecular weight is 315 g/mol. The van der Waals surface area contributed by atoms with Gasteiger partial charge in [0, 0.05) is 17.0 Å². The second-order valence-electron chi connectivity index (χ2n) is 5.28. The fourth-order valence-electron chi connectivity index (χ4n) is 2.46. The molecule has 1 aliphatic rings. The molecule has 0 saturated carbocycles. The zero-order valence-electron chi connectivity index (χ0n) is 12.6. The van der Waals surface area contributed by atoms with Crippen LogP contribution in [-0.4, -0.2) is 27.7 Å². The number of aromatic nitrogens is 1. The monoisotopic (exact) mass is 315 g/mol. The number of hydrazone groups is 1. The van der Waals surface area contributed by atoms with Crippen LogP contribution in [0.3, 0.4) is 0 Å². The van der Waals surface area contributed by atoms with E-state index in [4.69, 9.17) is 0 Å². The number of aryl methyl sites for hydroxylation is 1. The van der Waals surface area contributed by atoms with Crippen LogP contribution in [0.4, 0.5) is 0 Å². The Balaban J connectivity index is 1.77. The largest absolute Gasteiger partial charge is 0.308 e. The van der Waals surface area contributed by atoms with Gasteiger partial charge in [0.2, 0.25) is 0 Å². The van der Waals surface area contributed by atoms with Gasteiger partial charge in [-0.1, -0.05) is 41.7 Å². The average Bonchev–Trinajstić information content (AvgIpc) is 3.10. The maximum absolute atomic E-state index is 12.4. The van der Waals surface area contributed by atoms with Crippen molar-refractivity contribution in [2.45, 2.75) is 26.8 Å². The normalized spacial score (nSPS) is 14.3. The molecule has 5 nitrogen and oxygen atoms in total. The van der Waals surface area contributed by atoms with Gasteiger partial charge in [0.05, 0.1) is 12.3 Å². The summed E-state index contributed by atoms with van der Waals surface area (Å²) in [4.78, 5) is 25.1. The molecule has 0 unspecified atom stereocenters. The van der Waals surface area contributed by atoms with Gasteiger partial charge in [-0.3, -0.25) is 14.2 Å². The van der Waals surface area contributed by atoms with Crippen molar-refractivity contribution in [2.75, 3.05) is 6.54 Å². The summed E-state index contributed by atoms with van der Waals surface area (Å²) in [7, 11) is 0. The van der Waals surface area contributed by atoms with Crippen LogP contribution in [0.15, 0.2) is 40.2 Å². The number of carbonyl (C=O) groups excluding carboxylic acids is 1. The van der Waals surface area contributed by atoms with E-state index in [0.717, 1.165) is 28.3 Å². The Hall–Kier alpha value is -2.21. The van der Waals surface area contributed by atoms with Crippen LogP contribution in [-0.2, 0) is 11.3 Å². The molecule has 1 amide bonds. The third-order valence-electron chi connectivity index (χ3n) is 3.87. The van der Waals surface area contributed by atoms with E-state index in [1.54, 1.807) is 0 Å². The summed E-state index contributed by atoms with van der Waals surface area (Å²) < 4.78 is 1.53. The highest BCUT2D eigenvalue weighted by molar-refractivity contribution is 7.09. The fraction of sp³-hybridized carbons (Fsp3) is 0.312. The topological polar surface area (TPSA) is 54.7 Å². The van der Waals surface area contributed by atoms with Crippen LogP contribution >= 0.6 is 11.3 Å². The van der Waals surface area contributed by atoms with Crippen molar-refractivity contribution in [1.29, 1.82) is 0 Å². The summed E-state index contributed by atoms with van der Waals surface area (Å²) in [5.41, 5.74) is 2.81. The highest BCUT2D eigenvalue weighted by Crippen LogP contribution is 2.15. The zero-order chi connectivity index (χ0) is 15.7. The summed E-state index contributed by atoms with van der Waals surface area (Å²) in [6, 6.07) is 9.85. The standard InChI is InChI=1S/C16H17N3O2S/c1-11-12(2)22-16(21)18(11)10-15(20)19-9-8-14(17-19)13-6-4-3-5-7-13/h3-7H,8-10H2,1-2H3. The van der Waals surface area contributed by atoms with E-state index in [0.29, 0.717) is 6.54 Å². The Morgan fingerprint density at radius 2 is 2.00 bits per heavy atom. The number of nitrogens with zero attached hydrogens (tertiary/aromatic N) is 3. The molecule has 1 aliphatic heterocycles. The molecule has 0 bridgehead atoms. The maximum atomic E-state index is 12.4. The number of carbonyl (C=O) groups is 1. The Morgan fingerprint density at radius 3 is 2.64 bits per heavy atom. The molecule has 2 aromatic rings. The lowest BCUT2D eigenvalue weighted by atomic mass is 10.1. The van der Waals surface area contributed by atoms with Gasteiger partial charge < -0.3 is 0 Å². The molecule has 0 spiro atoms. The lowest BCUT2D eigenvalue weighted by Gasteiger charge is -2.12. The molecule has 0 saturated heterocycles. The van der Waals surface area contributed by atoms with Gasteiger partial charge in [0.15, 0.2) is 0 Å². The second-order valence-corrected chi connectivity index (χ2v) is 6.44. The van der Waals surface area contributed by atoms with E-state index >= 15 is 0 Å². The van der Waals surface area contributed by atoms with Gasteiger partial charge in [-0.05, 0) is 19.4 Å². The minimum absolute atomic E-state index is 0.0561. The summed E-state index contributed by atoms with van der Waals surface area (Å²) in [5, 5.41) is 5.88. The molecule has 0 atom stereocenters. The third-order valence-corrected chi connectivity index (χ3v) is 4.86. The third kappa shape index (κ3) is 2.74. The molecule has 0 radical (unpaired) electrons. The van der Waals surface area contributed by atoms with E-state index in [1.165, 1.54) is 20.9 Å². The van der Waals surface area contributed by atoms with Crippen molar-refractivity contribution in [1.82, 2.24) is 9.58 Å². The summed E-state index contributed by atoms with van der Waals surface area (Å²) in [5.74, 6) is -0.145. The minimum atomic E-state index is -0.145. The van der Waals surface area contributed by atoms with Crippen LogP contribution < -0.4 is 4.87 Å². The van der Waals surface area contributed by atoms with Gasteiger partial charge in [-0.25, -0.2) is 5.01 Å². The van der Waals surface area contributed by atoms with Gasteiger partial charge in [-0.2, -0.15) is 5.10 Å². The molecule has 3 rings (SSSR count). The van der Waals surface area contributed by atoms with Crippen molar-refractivity contribution < 1.29 is 4.79 Å². The minimum Gasteiger partial charge on any atom is -0.294 e. The fourth-order valence-corrected chi connectivity index (χ4v) is 3.29. The van der Waals surface area contributed by atoms with Gasteiger partial charge in [-0.15, -0.1) is 0 Å². The lowest BCUT2D eigenvalue weighted by Crippen LogP contribution is -2.31. The van der Waals surface area contributed by atoms with Crippen molar-refractivity contribution in [2.24, 2.45) is 5.10 Å². The molecule has 1 aromatic heterocycles.